The quantitative estimate of drug-likeness (QED) is 0.830. The van der Waals surface area contributed by atoms with Gasteiger partial charge in [0.15, 0.2) is 0 Å². The molecular weight excluding hydrogens is 270 g/mol. The zero-order chi connectivity index (χ0) is 13.9. The van der Waals surface area contributed by atoms with E-state index in [0.717, 1.165) is 30.2 Å². The smallest absolute Gasteiger partial charge is 0.257 e. The normalized spacial score (nSPS) is 14.2. The van der Waals surface area contributed by atoms with E-state index < -0.39 is 0 Å². The number of aromatic nitrogens is 2. The van der Waals surface area contributed by atoms with Crippen LogP contribution < -0.4 is 5.32 Å². The lowest BCUT2D eigenvalue weighted by Crippen LogP contribution is -2.23. The van der Waals surface area contributed by atoms with E-state index in [4.69, 9.17) is 4.42 Å². The third-order valence-corrected chi connectivity index (χ3v) is 4.77. The molecule has 1 N–H and O–H groups in total. The molecule has 0 saturated heterocycles. The fraction of sp³-hybridized carbons (Fsp3) is 0.600. The van der Waals surface area contributed by atoms with E-state index in [1.165, 1.54) is 29.7 Å². The zero-order valence-corrected chi connectivity index (χ0v) is 12.9. The monoisotopic (exact) mass is 291 g/mol. The molecule has 0 amide bonds. The van der Waals surface area contributed by atoms with Crippen LogP contribution in [0.5, 0.6) is 0 Å². The summed E-state index contributed by atoms with van der Waals surface area (Å²) in [5.41, 5.74) is 1.48. The van der Waals surface area contributed by atoms with Gasteiger partial charge in [0, 0.05) is 17.3 Å². The number of hydrogen-bond donors (Lipinski definition) is 1. The minimum Gasteiger partial charge on any atom is -0.420 e. The molecule has 4 nitrogen and oxygen atoms in total. The lowest BCUT2D eigenvalue weighted by atomic mass is 10.2. The van der Waals surface area contributed by atoms with Crippen molar-refractivity contribution in [2.45, 2.75) is 52.0 Å². The molecule has 2 aromatic heterocycles. The Morgan fingerprint density at radius 3 is 3.05 bits per heavy atom. The first-order chi connectivity index (χ1) is 9.72. The van der Waals surface area contributed by atoms with Crippen LogP contribution in [0, 0.1) is 0 Å². The second kappa shape index (κ2) is 6.06. The topological polar surface area (TPSA) is 51.0 Å². The van der Waals surface area contributed by atoms with Crippen LogP contribution in [0.4, 0.5) is 0 Å². The third kappa shape index (κ3) is 3.10. The van der Waals surface area contributed by atoms with Gasteiger partial charge < -0.3 is 9.73 Å². The van der Waals surface area contributed by atoms with Crippen molar-refractivity contribution in [1.29, 1.82) is 0 Å². The van der Waals surface area contributed by atoms with Crippen LogP contribution in [0.3, 0.4) is 0 Å². The Labute approximate surface area is 123 Å². The van der Waals surface area contributed by atoms with Gasteiger partial charge in [0.05, 0.1) is 4.88 Å². The van der Waals surface area contributed by atoms with Crippen LogP contribution >= 0.6 is 11.3 Å². The Kier molecular flexibility index (Phi) is 4.17. The molecule has 0 unspecified atom stereocenters. The fourth-order valence-electron chi connectivity index (χ4n) is 2.52. The maximum absolute atomic E-state index is 5.77. The van der Waals surface area contributed by atoms with Crippen molar-refractivity contribution in [1.82, 2.24) is 15.5 Å². The van der Waals surface area contributed by atoms with Crippen LogP contribution in [0.2, 0.25) is 0 Å². The van der Waals surface area contributed by atoms with E-state index in [1.807, 2.05) is 11.3 Å². The summed E-state index contributed by atoms with van der Waals surface area (Å²) < 4.78 is 5.77. The SMILES string of the molecule is CC(C)NCCCc1nnc(-c2cc3c(s2)CCC3)o1. The fourth-order valence-corrected chi connectivity index (χ4v) is 3.69. The molecule has 3 rings (SSSR count). The van der Waals surface area contributed by atoms with Crippen molar-refractivity contribution in [3.8, 4) is 10.8 Å². The van der Waals surface area contributed by atoms with Gasteiger partial charge in [-0.05, 0) is 43.9 Å². The van der Waals surface area contributed by atoms with E-state index in [-0.39, 0.29) is 0 Å². The zero-order valence-electron chi connectivity index (χ0n) is 12.1. The van der Waals surface area contributed by atoms with Gasteiger partial charge in [-0.2, -0.15) is 0 Å². The van der Waals surface area contributed by atoms with Crippen molar-refractivity contribution in [3.05, 3.63) is 22.4 Å². The summed E-state index contributed by atoms with van der Waals surface area (Å²) in [6.07, 6.45) is 5.58. The summed E-state index contributed by atoms with van der Waals surface area (Å²) in [5.74, 6) is 1.44. The Hall–Kier alpha value is -1.20. The minimum atomic E-state index is 0.529. The number of aryl methyl sites for hydroxylation is 3. The second-order valence-corrected chi connectivity index (χ2v) is 6.76. The molecule has 0 saturated carbocycles. The highest BCUT2D eigenvalue weighted by atomic mass is 32.1. The van der Waals surface area contributed by atoms with E-state index in [0.29, 0.717) is 11.9 Å². The maximum atomic E-state index is 5.77. The highest BCUT2D eigenvalue weighted by Gasteiger charge is 2.18. The van der Waals surface area contributed by atoms with Crippen LogP contribution in [-0.2, 0) is 19.3 Å². The molecule has 20 heavy (non-hydrogen) atoms. The third-order valence-electron chi connectivity index (χ3n) is 3.54. The van der Waals surface area contributed by atoms with Gasteiger partial charge in [0.2, 0.25) is 5.89 Å². The number of nitrogens with one attached hydrogen (secondary N) is 1. The van der Waals surface area contributed by atoms with Gasteiger partial charge >= 0.3 is 0 Å². The molecule has 1 aliphatic rings. The second-order valence-electron chi connectivity index (χ2n) is 5.63. The van der Waals surface area contributed by atoms with E-state index >= 15 is 0 Å². The molecule has 0 aliphatic heterocycles. The summed E-state index contributed by atoms with van der Waals surface area (Å²) >= 11 is 1.81. The Morgan fingerprint density at radius 1 is 1.35 bits per heavy atom. The van der Waals surface area contributed by atoms with Gasteiger partial charge in [-0.3, -0.25) is 0 Å². The molecule has 0 fully saturated rings. The van der Waals surface area contributed by atoms with Crippen LogP contribution in [0.1, 0.15) is 43.0 Å². The largest absolute Gasteiger partial charge is 0.420 e. The predicted octanol–water partition coefficient (Wildman–Crippen LogP) is 3.22. The van der Waals surface area contributed by atoms with Crippen molar-refractivity contribution in [2.24, 2.45) is 0 Å². The standard InChI is InChI=1S/C15H21N3OS/c1-10(2)16-8-4-7-14-17-18-15(19-14)13-9-11-5-3-6-12(11)20-13/h9-10,16H,3-8H2,1-2H3. The Balaban J connectivity index is 1.58. The average Bonchev–Trinajstić information content (AvgIpc) is 3.08. The first-order valence-electron chi connectivity index (χ1n) is 7.40. The molecule has 0 atom stereocenters. The maximum Gasteiger partial charge on any atom is 0.257 e. The predicted molar refractivity (Wildman–Crippen MR) is 81.1 cm³/mol. The van der Waals surface area contributed by atoms with Crippen LogP contribution in [0.25, 0.3) is 10.8 Å². The number of fused-ring (bicyclic) bond motifs is 1. The van der Waals surface area contributed by atoms with E-state index in [9.17, 15) is 0 Å². The number of nitrogens with zero attached hydrogens (tertiary/aromatic N) is 2. The van der Waals surface area contributed by atoms with Gasteiger partial charge in [-0.25, -0.2) is 0 Å². The van der Waals surface area contributed by atoms with E-state index in [2.05, 4.69) is 35.4 Å². The average molecular weight is 291 g/mol. The van der Waals surface area contributed by atoms with Crippen LogP contribution in [-0.4, -0.2) is 22.8 Å². The molecule has 2 heterocycles. The number of rotatable bonds is 6. The molecule has 2 aromatic rings. The highest BCUT2D eigenvalue weighted by molar-refractivity contribution is 7.15. The Bertz CT molecular complexity index is 552. The number of thiophene rings is 1. The summed E-state index contributed by atoms with van der Waals surface area (Å²) in [4.78, 5) is 2.63. The number of hydrogen-bond acceptors (Lipinski definition) is 5. The van der Waals surface area contributed by atoms with Crippen molar-refractivity contribution >= 4 is 11.3 Å². The van der Waals surface area contributed by atoms with Gasteiger partial charge in [0.1, 0.15) is 0 Å². The molecular formula is C15H21N3OS. The van der Waals surface area contributed by atoms with Gasteiger partial charge in [0.25, 0.3) is 5.89 Å². The molecule has 0 aromatic carbocycles. The summed E-state index contributed by atoms with van der Waals surface area (Å²) in [6, 6.07) is 2.76. The molecule has 108 valence electrons. The van der Waals surface area contributed by atoms with Gasteiger partial charge in [-0.15, -0.1) is 21.5 Å². The molecule has 0 radical (unpaired) electrons. The van der Waals surface area contributed by atoms with Crippen LogP contribution in [0.15, 0.2) is 10.5 Å². The first kappa shape index (κ1) is 13.8. The lowest BCUT2D eigenvalue weighted by Gasteiger charge is -2.05. The van der Waals surface area contributed by atoms with Crippen molar-refractivity contribution in [3.63, 3.8) is 0 Å². The lowest BCUT2D eigenvalue weighted by molar-refractivity contribution is 0.484. The first-order valence-corrected chi connectivity index (χ1v) is 8.22. The van der Waals surface area contributed by atoms with Crippen molar-refractivity contribution in [2.75, 3.05) is 6.54 Å². The molecule has 0 spiro atoms. The minimum absolute atomic E-state index is 0.529. The summed E-state index contributed by atoms with van der Waals surface area (Å²) in [7, 11) is 0. The molecule has 0 bridgehead atoms. The van der Waals surface area contributed by atoms with Crippen molar-refractivity contribution < 1.29 is 4.42 Å². The Morgan fingerprint density at radius 2 is 2.25 bits per heavy atom. The van der Waals surface area contributed by atoms with Gasteiger partial charge in [-0.1, -0.05) is 13.8 Å². The van der Waals surface area contributed by atoms with E-state index in [1.54, 1.807) is 0 Å². The summed E-state index contributed by atoms with van der Waals surface area (Å²) in [6.45, 7) is 5.30. The molecule has 5 heteroatoms. The molecule has 1 aliphatic carbocycles. The highest BCUT2D eigenvalue weighted by Crippen LogP contribution is 2.35. The summed E-state index contributed by atoms with van der Waals surface area (Å²) in [5, 5.41) is 11.7.